The Morgan fingerprint density at radius 3 is 2.42 bits per heavy atom. The van der Waals surface area contributed by atoms with E-state index in [2.05, 4.69) is 5.32 Å². The summed E-state index contributed by atoms with van der Waals surface area (Å²) in [7, 11) is -1.40. The largest absolute Gasteiger partial charge is 0.480 e. The summed E-state index contributed by atoms with van der Waals surface area (Å²) >= 11 is 0. The smallest absolute Gasteiger partial charge is 0.451 e. The molecule has 0 aliphatic carbocycles. The molecule has 12 heteroatoms. The maximum absolute atomic E-state index is 12.6. The molecular weight excluding hydrogens is 430 g/mol. The van der Waals surface area contributed by atoms with Crippen molar-refractivity contribution in [2.45, 2.75) is 77.6 Å². The second-order valence-corrected chi connectivity index (χ2v) is 9.15. The molecule has 31 heavy (non-hydrogen) atoms. The van der Waals surface area contributed by atoms with Crippen molar-refractivity contribution in [2.75, 3.05) is 13.1 Å². The number of aliphatic carboxylic acids is 1. The van der Waals surface area contributed by atoms with Crippen molar-refractivity contribution in [3.05, 3.63) is 0 Å². The molecule has 2 rings (SSSR count). The van der Waals surface area contributed by atoms with Gasteiger partial charge in [-0.05, 0) is 39.9 Å². The van der Waals surface area contributed by atoms with E-state index in [0.717, 1.165) is 0 Å². The topological polar surface area (TPSA) is 146 Å². The molecular formula is C19H34BClN2O8. The highest BCUT2D eigenvalue weighted by molar-refractivity contribution is 6.40. The Kier molecular flexibility index (Phi) is 9.61. The Morgan fingerprint density at radius 2 is 1.87 bits per heavy atom. The molecule has 2 aliphatic heterocycles. The van der Waals surface area contributed by atoms with E-state index in [9.17, 15) is 19.5 Å². The molecule has 1 unspecified atom stereocenters. The summed E-state index contributed by atoms with van der Waals surface area (Å²) in [6.07, 6.45) is 0.359. The van der Waals surface area contributed by atoms with Gasteiger partial charge in [-0.15, -0.1) is 12.4 Å². The molecule has 0 radical (unpaired) electrons. The predicted octanol–water partition coefficient (Wildman–Crippen LogP) is 1.24. The summed E-state index contributed by atoms with van der Waals surface area (Å²) in [5.74, 6) is -1.74. The number of carbonyl (C=O) groups excluding carboxylic acids is 2. The Bertz CT molecular complexity index is 659. The molecule has 1 amide bonds. The molecule has 10 nitrogen and oxygen atoms in total. The first-order valence-corrected chi connectivity index (χ1v) is 10.4. The second kappa shape index (κ2) is 10.8. The van der Waals surface area contributed by atoms with Gasteiger partial charge >= 0.3 is 25.2 Å². The summed E-state index contributed by atoms with van der Waals surface area (Å²) in [6.45, 7) is 7.26. The molecule has 178 valence electrons. The zero-order valence-electron chi connectivity index (χ0n) is 18.5. The van der Waals surface area contributed by atoms with Crippen LogP contribution >= 0.6 is 12.4 Å². The van der Waals surface area contributed by atoms with Crippen molar-refractivity contribution in [2.24, 2.45) is 11.3 Å². The van der Waals surface area contributed by atoms with Crippen LogP contribution in [-0.2, 0) is 19.1 Å². The number of rotatable bonds is 8. The summed E-state index contributed by atoms with van der Waals surface area (Å²) < 4.78 is 10.4. The van der Waals surface area contributed by atoms with Gasteiger partial charge in [0.1, 0.15) is 5.54 Å². The van der Waals surface area contributed by atoms with E-state index in [1.165, 1.54) is 11.8 Å². The van der Waals surface area contributed by atoms with Gasteiger partial charge in [0, 0.05) is 25.9 Å². The standard InChI is InChI=1S/C19H33BN2O8.ClH/c1-12(29-16(25)18(2,3)4)30-17(26)22-10-7-13-14(22)11-21-19(13,15(23)24)8-5-6-9-20(27)28;/h12-14,21,27-28H,5-11H2,1-4H3,(H,23,24);1H/t12?,13-,14-,19+;/m0./s1. The van der Waals surface area contributed by atoms with Gasteiger partial charge in [0.05, 0.1) is 11.5 Å². The second-order valence-electron chi connectivity index (χ2n) is 9.15. The van der Waals surface area contributed by atoms with Crippen LogP contribution < -0.4 is 5.32 Å². The lowest BCUT2D eigenvalue weighted by Gasteiger charge is -2.31. The van der Waals surface area contributed by atoms with E-state index in [4.69, 9.17) is 19.5 Å². The third kappa shape index (κ3) is 6.47. The van der Waals surface area contributed by atoms with E-state index in [1.807, 2.05) is 0 Å². The average Bonchev–Trinajstić information content (AvgIpc) is 3.18. The van der Waals surface area contributed by atoms with Gasteiger partial charge in [0.15, 0.2) is 0 Å². The summed E-state index contributed by atoms with van der Waals surface area (Å²) in [5, 5.41) is 30.9. The van der Waals surface area contributed by atoms with Crippen molar-refractivity contribution in [3.8, 4) is 0 Å². The van der Waals surface area contributed by atoms with Crippen LogP contribution in [0.5, 0.6) is 0 Å². The lowest BCUT2D eigenvalue weighted by atomic mass is 9.77. The Morgan fingerprint density at radius 1 is 1.23 bits per heavy atom. The minimum atomic E-state index is -1.40. The van der Waals surface area contributed by atoms with Gasteiger partial charge in [-0.2, -0.15) is 0 Å². The highest BCUT2D eigenvalue weighted by atomic mass is 35.5. The first-order chi connectivity index (χ1) is 13.9. The first-order valence-electron chi connectivity index (χ1n) is 10.4. The highest BCUT2D eigenvalue weighted by Crippen LogP contribution is 2.41. The summed E-state index contributed by atoms with van der Waals surface area (Å²) in [5.41, 5.74) is -1.88. The Hall–Kier alpha value is -1.56. The number of hydrogen-bond acceptors (Lipinski definition) is 8. The molecule has 2 saturated heterocycles. The number of esters is 1. The summed E-state index contributed by atoms with van der Waals surface area (Å²) in [6, 6.07) is -0.331. The predicted molar refractivity (Wildman–Crippen MR) is 115 cm³/mol. The van der Waals surface area contributed by atoms with E-state index >= 15 is 0 Å². The number of carboxylic acids is 1. The Labute approximate surface area is 189 Å². The van der Waals surface area contributed by atoms with Crippen LogP contribution in [0, 0.1) is 11.3 Å². The number of likely N-dealkylation sites (tertiary alicyclic amines) is 1. The van der Waals surface area contributed by atoms with E-state index in [0.29, 0.717) is 38.8 Å². The Balaban J connectivity index is 0.00000480. The van der Waals surface area contributed by atoms with Crippen LogP contribution in [-0.4, -0.2) is 76.2 Å². The van der Waals surface area contributed by atoms with Crippen molar-refractivity contribution in [1.29, 1.82) is 0 Å². The molecule has 0 spiro atoms. The van der Waals surface area contributed by atoms with Crippen LogP contribution in [0.3, 0.4) is 0 Å². The monoisotopic (exact) mass is 464 g/mol. The molecule has 2 heterocycles. The number of ether oxygens (including phenoxy) is 2. The van der Waals surface area contributed by atoms with Gasteiger partial charge in [0.2, 0.25) is 6.29 Å². The molecule has 0 bridgehead atoms. The van der Waals surface area contributed by atoms with Gasteiger partial charge < -0.3 is 29.5 Å². The zero-order chi connectivity index (χ0) is 22.7. The lowest BCUT2D eigenvalue weighted by molar-refractivity contribution is -0.175. The molecule has 0 aromatic rings. The van der Waals surface area contributed by atoms with Crippen LogP contribution in [0.4, 0.5) is 4.79 Å². The molecule has 2 fully saturated rings. The van der Waals surface area contributed by atoms with Crippen molar-refractivity contribution in [3.63, 3.8) is 0 Å². The number of nitrogens with one attached hydrogen (secondary N) is 1. The van der Waals surface area contributed by atoms with Crippen LogP contribution in [0.25, 0.3) is 0 Å². The molecule has 0 aromatic heterocycles. The van der Waals surface area contributed by atoms with Crippen LogP contribution in [0.15, 0.2) is 0 Å². The normalized spacial score (nSPS) is 25.9. The van der Waals surface area contributed by atoms with Crippen LogP contribution in [0.1, 0.15) is 53.4 Å². The van der Waals surface area contributed by atoms with Gasteiger partial charge in [-0.1, -0.05) is 12.8 Å². The zero-order valence-corrected chi connectivity index (χ0v) is 19.3. The minimum Gasteiger partial charge on any atom is -0.480 e. The fourth-order valence-electron chi connectivity index (χ4n) is 4.23. The van der Waals surface area contributed by atoms with E-state index in [1.54, 1.807) is 20.8 Å². The quantitative estimate of drug-likeness (QED) is 0.180. The minimum absolute atomic E-state index is 0. The maximum Gasteiger partial charge on any atom is 0.451 e. The number of halogens is 1. The van der Waals surface area contributed by atoms with Crippen molar-refractivity contribution < 1.29 is 39.0 Å². The van der Waals surface area contributed by atoms with Crippen LogP contribution in [0.2, 0.25) is 6.32 Å². The molecule has 0 saturated carbocycles. The number of nitrogens with zero attached hydrogens (tertiary/aromatic N) is 1. The first kappa shape index (κ1) is 27.5. The van der Waals surface area contributed by atoms with E-state index in [-0.39, 0.29) is 30.7 Å². The van der Waals surface area contributed by atoms with Crippen molar-refractivity contribution in [1.82, 2.24) is 10.2 Å². The third-order valence-electron chi connectivity index (χ3n) is 5.86. The maximum atomic E-state index is 12.6. The highest BCUT2D eigenvalue weighted by Gasteiger charge is 2.58. The number of fused-ring (bicyclic) bond motifs is 1. The van der Waals surface area contributed by atoms with Crippen molar-refractivity contribution >= 4 is 37.6 Å². The number of hydrogen-bond donors (Lipinski definition) is 4. The summed E-state index contributed by atoms with van der Waals surface area (Å²) in [4.78, 5) is 38.2. The van der Waals surface area contributed by atoms with E-state index < -0.39 is 42.4 Å². The number of carbonyl (C=O) groups is 3. The third-order valence-corrected chi connectivity index (χ3v) is 5.86. The molecule has 2 aliphatic rings. The molecule has 4 N–H and O–H groups in total. The van der Waals surface area contributed by atoms with Gasteiger partial charge in [-0.3, -0.25) is 14.9 Å². The number of amides is 1. The van der Waals surface area contributed by atoms with Gasteiger partial charge in [-0.25, -0.2) is 4.79 Å². The SMILES string of the molecule is CC(OC(=O)N1CC[C@H]2[C@@H]1CN[C@@]2(CCCCB(O)O)C(=O)O)OC(=O)C(C)(C)C.Cl. The lowest BCUT2D eigenvalue weighted by Crippen LogP contribution is -2.52. The molecule has 0 aromatic carbocycles. The fraction of sp³-hybridized carbons (Fsp3) is 0.842. The number of unbranched alkanes of at least 4 members (excludes halogenated alkanes) is 1. The molecule has 4 atom stereocenters. The number of carboxylic acid groups (broad SMARTS) is 1. The van der Waals surface area contributed by atoms with Gasteiger partial charge in [0.25, 0.3) is 0 Å². The fourth-order valence-corrected chi connectivity index (χ4v) is 4.23. The average molecular weight is 465 g/mol.